The molecule has 2 aromatic rings. The van der Waals surface area contributed by atoms with Gasteiger partial charge in [0.2, 0.25) is 0 Å². The maximum Gasteiger partial charge on any atom is 0.325 e. The van der Waals surface area contributed by atoms with Crippen molar-refractivity contribution in [3.63, 3.8) is 0 Å². The zero-order valence-electron chi connectivity index (χ0n) is 20.0. The largest absolute Gasteiger partial charge is 0.465 e. The molecule has 2 atom stereocenters. The maximum absolute atomic E-state index is 14.8. The molecule has 0 radical (unpaired) electrons. The highest BCUT2D eigenvalue weighted by Gasteiger charge is 2.41. The number of rotatable bonds is 9. The molecule has 4 rings (SSSR count). The van der Waals surface area contributed by atoms with Crippen molar-refractivity contribution in [2.45, 2.75) is 50.9 Å². The van der Waals surface area contributed by atoms with Crippen molar-refractivity contribution >= 4 is 34.7 Å². The van der Waals surface area contributed by atoms with Gasteiger partial charge in [-0.1, -0.05) is 30.0 Å². The summed E-state index contributed by atoms with van der Waals surface area (Å²) >= 11 is 1.26. The molecule has 0 N–H and O–H groups in total. The molecule has 2 heterocycles. The Morgan fingerprint density at radius 2 is 2.03 bits per heavy atom. The molecule has 186 valence electrons. The summed E-state index contributed by atoms with van der Waals surface area (Å²) < 4.78 is 21.4. The molecule has 2 fully saturated rings. The Morgan fingerprint density at radius 3 is 2.71 bits per heavy atom. The van der Waals surface area contributed by atoms with Gasteiger partial charge in [-0.15, -0.1) is 0 Å². The van der Waals surface area contributed by atoms with E-state index >= 15 is 0 Å². The minimum Gasteiger partial charge on any atom is -0.465 e. The number of thioether (sulfide) groups is 1. The summed E-state index contributed by atoms with van der Waals surface area (Å²) in [6, 6.07) is 5.82. The number of imidazole rings is 1. The van der Waals surface area contributed by atoms with Gasteiger partial charge in [0.15, 0.2) is 10.9 Å². The number of ether oxygens (including phenoxy) is 1. The van der Waals surface area contributed by atoms with Crippen molar-refractivity contribution in [1.82, 2.24) is 14.5 Å². The van der Waals surface area contributed by atoms with E-state index in [4.69, 9.17) is 4.74 Å². The van der Waals surface area contributed by atoms with E-state index in [-0.39, 0.29) is 40.4 Å². The second-order valence-electron chi connectivity index (χ2n) is 8.95. The quantitative estimate of drug-likeness (QED) is 0.482. The lowest BCUT2D eigenvalue weighted by Gasteiger charge is -2.38. The number of likely N-dealkylation sites (tertiary alicyclic amines) is 1. The van der Waals surface area contributed by atoms with E-state index in [0.717, 1.165) is 18.4 Å². The molecule has 2 unspecified atom stereocenters. The number of piperidine rings is 1. The van der Waals surface area contributed by atoms with Crippen LogP contribution in [0.15, 0.2) is 42.4 Å². The van der Waals surface area contributed by atoms with Crippen molar-refractivity contribution in [3.8, 4) is 0 Å². The molecule has 1 saturated carbocycles. The van der Waals surface area contributed by atoms with Gasteiger partial charge in [0.05, 0.1) is 24.7 Å². The molecule has 1 saturated heterocycles. The number of hydrogen-bond acceptors (Lipinski definition) is 7. The number of aromatic nitrogens is 2. The molecule has 0 amide bonds. The fraction of sp³-hybridized carbons (Fsp3) is 0.462. The number of benzene rings is 1. The normalized spacial score (nSPS) is 20.5. The standard InChI is InChI=1S/C26H30FN3O4S/c1-3-34-24(32)15-29-14-20(28-16-29)12-19-13-30(11-10-23(19)35-17(2)31)25(26(33)18-8-9-18)21-6-4-5-7-22(21)27/h4-7,12,14,16,18,23,25H,3,8-11,13,15H2,1-2H3. The second kappa shape index (κ2) is 11.3. The van der Waals surface area contributed by atoms with E-state index in [1.54, 1.807) is 49.1 Å². The lowest BCUT2D eigenvalue weighted by atomic mass is 9.93. The van der Waals surface area contributed by atoms with Gasteiger partial charge in [0.25, 0.3) is 0 Å². The predicted molar refractivity (Wildman–Crippen MR) is 132 cm³/mol. The molecule has 0 bridgehead atoms. The van der Waals surface area contributed by atoms with Gasteiger partial charge in [0, 0.05) is 42.9 Å². The number of ketones is 1. The highest BCUT2D eigenvalue weighted by atomic mass is 32.2. The Balaban J connectivity index is 1.61. The van der Waals surface area contributed by atoms with Gasteiger partial charge in [-0.3, -0.25) is 19.3 Å². The van der Waals surface area contributed by atoms with Gasteiger partial charge in [-0.05, 0) is 43.9 Å². The molecule has 1 aliphatic heterocycles. The third-order valence-electron chi connectivity index (χ3n) is 6.20. The van der Waals surface area contributed by atoms with E-state index in [1.807, 2.05) is 11.0 Å². The topological polar surface area (TPSA) is 81.5 Å². The first-order valence-electron chi connectivity index (χ1n) is 11.9. The first-order valence-corrected chi connectivity index (χ1v) is 12.8. The smallest absolute Gasteiger partial charge is 0.325 e. The van der Waals surface area contributed by atoms with E-state index in [0.29, 0.717) is 37.4 Å². The monoisotopic (exact) mass is 499 g/mol. The van der Waals surface area contributed by atoms with Gasteiger partial charge < -0.3 is 9.30 Å². The maximum atomic E-state index is 14.8. The molecule has 9 heteroatoms. The molecular weight excluding hydrogens is 469 g/mol. The molecule has 1 aromatic carbocycles. The molecule has 35 heavy (non-hydrogen) atoms. The molecule has 1 aromatic heterocycles. The van der Waals surface area contributed by atoms with Crippen LogP contribution >= 0.6 is 11.8 Å². The third kappa shape index (κ3) is 6.46. The number of nitrogens with zero attached hydrogens (tertiary/aromatic N) is 3. The molecule has 0 spiro atoms. The average molecular weight is 500 g/mol. The number of halogens is 1. The first kappa shape index (κ1) is 25.3. The summed E-state index contributed by atoms with van der Waals surface area (Å²) in [4.78, 5) is 43.4. The van der Waals surface area contributed by atoms with Crippen LogP contribution in [0.2, 0.25) is 0 Å². The van der Waals surface area contributed by atoms with Crippen LogP contribution in [0.5, 0.6) is 0 Å². The SMILES string of the molecule is CCOC(=O)Cn1cnc(C=C2CN(C(C(=O)C3CC3)c3ccccc3F)CCC2SC(C)=O)c1. The van der Waals surface area contributed by atoms with E-state index < -0.39 is 6.04 Å². The van der Waals surface area contributed by atoms with Crippen LogP contribution in [-0.4, -0.2) is 56.3 Å². The number of carbonyl (C=O) groups excluding carboxylic acids is 3. The summed E-state index contributed by atoms with van der Waals surface area (Å²) in [5, 5.41) is -0.0434. The van der Waals surface area contributed by atoms with Gasteiger partial charge in [-0.25, -0.2) is 9.37 Å². The third-order valence-corrected chi connectivity index (χ3v) is 7.36. The van der Waals surface area contributed by atoms with E-state index in [2.05, 4.69) is 4.98 Å². The van der Waals surface area contributed by atoms with Crippen molar-refractivity contribution in [1.29, 1.82) is 0 Å². The van der Waals surface area contributed by atoms with Crippen LogP contribution in [0, 0.1) is 11.7 Å². The second-order valence-corrected chi connectivity index (χ2v) is 10.3. The lowest BCUT2D eigenvalue weighted by Crippen LogP contribution is -2.43. The van der Waals surface area contributed by atoms with Crippen LogP contribution in [0.1, 0.15) is 50.4 Å². The number of carbonyl (C=O) groups is 3. The van der Waals surface area contributed by atoms with Crippen LogP contribution in [0.25, 0.3) is 6.08 Å². The minimum atomic E-state index is -0.656. The Bertz CT molecular complexity index is 1130. The van der Waals surface area contributed by atoms with E-state index in [9.17, 15) is 18.8 Å². The van der Waals surface area contributed by atoms with Crippen LogP contribution in [0.4, 0.5) is 4.39 Å². The van der Waals surface area contributed by atoms with Crippen molar-refractivity contribution in [2.24, 2.45) is 5.92 Å². The highest BCUT2D eigenvalue weighted by molar-refractivity contribution is 8.14. The predicted octanol–water partition coefficient (Wildman–Crippen LogP) is 4.04. The summed E-state index contributed by atoms with van der Waals surface area (Å²) in [5.41, 5.74) is 2.00. The Morgan fingerprint density at radius 1 is 1.26 bits per heavy atom. The number of Topliss-reactive ketones (excluding diaryl/α,β-unsaturated/α-hetero) is 1. The van der Waals surface area contributed by atoms with Gasteiger partial charge in [0.1, 0.15) is 12.4 Å². The fourth-order valence-corrected chi connectivity index (χ4v) is 5.40. The van der Waals surface area contributed by atoms with Crippen molar-refractivity contribution < 1.29 is 23.5 Å². The highest BCUT2D eigenvalue weighted by Crippen LogP contribution is 2.40. The molecule has 1 aliphatic carbocycles. The summed E-state index contributed by atoms with van der Waals surface area (Å²) in [6.07, 6.45) is 7.58. The van der Waals surface area contributed by atoms with Crippen molar-refractivity contribution in [2.75, 3.05) is 19.7 Å². The molecular formula is C26H30FN3O4S. The van der Waals surface area contributed by atoms with Crippen LogP contribution in [0.3, 0.4) is 0 Å². The Labute approximate surface area is 208 Å². The Kier molecular flexibility index (Phi) is 8.18. The number of esters is 1. The summed E-state index contributed by atoms with van der Waals surface area (Å²) in [6.45, 7) is 4.68. The fourth-order valence-electron chi connectivity index (χ4n) is 4.48. The minimum absolute atomic E-state index is 0.0156. The van der Waals surface area contributed by atoms with Crippen LogP contribution < -0.4 is 0 Å². The van der Waals surface area contributed by atoms with E-state index in [1.165, 1.54) is 17.8 Å². The lowest BCUT2D eigenvalue weighted by molar-refractivity contribution is -0.143. The number of hydrogen-bond donors (Lipinski definition) is 0. The molecule has 7 nitrogen and oxygen atoms in total. The Hall–Kier alpha value is -2.78. The summed E-state index contributed by atoms with van der Waals surface area (Å²) in [5.74, 6) is -0.681. The average Bonchev–Trinajstić information content (AvgIpc) is 3.58. The van der Waals surface area contributed by atoms with Crippen molar-refractivity contribution in [3.05, 3.63) is 59.4 Å². The summed E-state index contributed by atoms with van der Waals surface area (Å²) in [7, 11) is 0. The van der Waals surface area contributed by atoms with Gasteiger partial charge >= 0.3 is 5.97 Å². The van der Waals surface area contributed by atoms with Crippen LogP contribution in [-0.2, 0) is 25.7 Å². The molecule has 2 aliphatic rings. The zero-order chi connectivity index (χ0) is 24.9. The first-order chi connectivity index (χ1) is 16.9. The zero-order valence-corrected chi connectivity index (χ0v) is 20.8. The van der Waals surface area contributed by atoms with Gasteiger partial charge in [-0.2, -0.15) is 0 Å².